The predicted octanol–water partition coefficient (Wildman–Crippen LogP) is 4.98. The van der Waals surface area contributed by atoms with Crippen LogP contribution in [0.2, 0.25) is 0 Å². The lowest BCUT2D eigenvalue weighted by Gasteiger charge is -2.33. The number of carbonyl (C=O) groups is 2. The van der Waals surface area contributed by atoms with Crippen LogP contribution in [0.1, 0.15) is 23.0 Å². The maximum absolute atomic E-state index is 13.6. The van der Waals surface area contributed by atoms with Crippen LogP contribution >= 0.6 is 0 Å². The molecule has 1 atom stereocenters. The van der Waals surface area contributed by atoms with Crippen molar-refractivity contribution in [1.82, 2.24) is 4.57 Å². The maximum Gasteiger partial charge on any atom is 0.308 e. The highest BCUT2D eigenvalue weighted by atomic mass is 19.1. The van der Waals surface area contributed by atoms with Crippen molar-refractivity contribution in [1.29, 1.82) is 0 Å². The first-order chi connectivity index (χ1) is 17.3. The van der Waals surface area contributed by atoms with Crippen molar-refractivity contribution in [2.24, 2.45) is 0 Å². The molecule has 0 N–H and O–H groups in total. The van der Waals surface area contributed by atoms with Crippen LogP contribution in [0.15, 0.2) is 66.7 Å². The summed E-state index contributed by atoms with van der Waals surface area (Å²) in [4.78, 5) is 26.8. The summed E-state index contributed by atoms with van der Waals surface area (Å²) in [6.07, 6.45) is -0.272. The van der Waals surface area contributed by atoms with Crippen LogP contribution in [0.3, 0.4) is 0 Å². The van der Waals surface area contributed by atoms with E-state index in [4.69, 9.17) is 14.2 Å². The number of carbonyl (C=O) groups excluding carboxylic acids is 2. The minimum absolute atomic E-state index is 0.204. The lowest BCUT2D eigenvalue weighted by Crippen LogP contribution is -2.41. The molecule has 0 aliphatic carbocycles. The van der Waals surface area contributed by atoms with Gasteiger partial charge >= 0.3 is 5.97 Å². The van der Waals surface area contributed by atoms with Crippen LogP contribution < -0.4 is 19.1 Å². The molecule has 1 aliphatic rings. The molecular formula is C28H25FN2O5. The van der Waals surface area contributed by atoms with E-state index in [9.17, 15) is 14.0 Å². The summed E-state index contributed by atoms with van der Waals surface area (Å²) in [5.41, 5.74) is 2.71. The minimum Gasteiger partial charge on any atom is -0.490 e. The fourth-order valence-corrected chi connectivity index (χ4v) is 4.47. The van der Waals surface area contributed by atoms with E-state index in [0.29, 0.717) is 40.3 Å². The summed E-state index contributed by atoms with van der Waals surface area (Å²) in [7, 11) is 1.93. The number of hydrogen-bond acceptors (Lipinski definition) is 6. The van der Waals surface area contributed by atoms with Gasteiger partial charge in [-0.05, 0) is 61.5 Å². The predicted molar refractivity (Wildman–Crippen MR) is 134 cm³/mol. The molecule has 1 aromatic heterocycles. The number of nitrogens with zero attached hydrogens (tertiary/aromatic N) is 2. The fraction of sp³-hybridized carbons (Fsp3) is 0.214. The van der Waals surface area contributed by atoms with E-state index in [1.165, 1.54) is 19.1 Å². The Morgan fingerprint density at radius 1 is 1.08 bits per heavy atom. The first kappa shape index (κ1) is 23.4. The second-order valence-corrected chi connectivity index (χ2v) is 8.78. The van der Waals surface area contributed by atoms with Crippen LogP contribution in [0, 0.1) is 12.7 Å². The van der Waals surface area contributed by atoms with Gasteiger partial charge in [-0.1, -0.05) is 6.07 Å². The highest BCUT2D eigenvalue weighted by Gasteiger charge is 2.24. The Hall–Kier alpha value is -4.33. The third-order valence-corrected chi connectivity index (χ3v) is 6.09. The standard InChI is InChI=1S/C28H25FN2O5/c1-17-13-23-24(5-4-6-26(23)35-18(2)32)31(17)28(33)19-7-10-21(11-8-19)34-16-22-15-30(3)25-12-9-20(29)14-27(25)36-22/h4-14,22H,15-16H2,1-3H3/t22-/m0/s1. The summed E-state index contributed by atoms with van der Waals surface area (Å²) in [6, 6.07) is 18.5. The third kappa shape index (κ3) is 4.49. The lowest BCUT2D eigenvalue weighted by molar-refractivity contribution is -0.131. The zero-order valence-electron chi connectivity index (χ0n) is 20.2. The van der Waals surface area contributed by atoms with Crippen LogP contribution in [0.4, 0.5) is 10.1 Å². The highest BCUT2D eigenvalue weighted by Crippen LogP contribution is 2.33. The van der Waals surface area contributed by atoms with Crippen molar-refractivity contribution in [3.05, 3.63) is 83.8 Å². The molecule has 0 bridgehead atoms. The van der Waals surface area contributed by atoms with Crippen molar-refractivity contribution in [2.45, 2.75) is 20.0 Å². The van der Waals surface area contributed by atoms with Gasteiger partial charge in [-0.2, -0.15) is 0 Å². The average molecular weight is 489 g/mol. The Balaban J connectivity index is 1.29. The maximum atomic E-state index is 13.6. The molecule has 0 amide bonds. The van der Waals surface area contributed by atoms with Gasteiger partial charge < -0.3 is 19.1 Å². The molecular weight excluding hydrogens is 463 g/mol. The summed E-state index contributed by atoms with van der Waals surface area (Å²) in [5, 5.41) is 0.692. The van der Waals surface area contributed by atoms with E-state index < -0.39 is 5.97 Å². The zero-order chi connectivity index (χ0) is 25.4. The molecule has 0 radical (unpaired) electrons. The Labute approximate surface area is 207 Å². The molecule has 5 rings (SSSR count). The lowest BCUT2D eigenvalue weighted by atomic mass is 10.2. The van der Waals surface area contributed by atoms with E-state index in [2.05, 4.69) is 0 Å². The molecule has 0 spiro atoms. The van der Waals surface area contributed by atoms with Gasteiger partial charge in [0, 0.05) is 36.7 Å². The number of aryl methyl sites for hydroxylation is 1. The van der Waals surface area contributed by atoms with Crippen molar-refractivity contribution in [2.75, 3.05) is 25.1 Å². The largest absolute Gasteiger partial charge is 0.490 e. The first-order valence-corrected chi connectivity index (χ1v) is 11.5. The van der Waals surface area contributed by atoms with Crippen molar-refractivity contribution in [3.8, 4) is 17.2 Å². The van der Waals surface area contributed by atoms with Gasteiger partial charge in [-0.25, -0.2) is 4.39 Å². The number of ether oxygens (including phenoxy) is 3. The van der Waals surface area contributed by atoms with Gasteiger partial charge in [0.15, 0.2) is 0 Å². The molecule has 8 heteroatoms. The van der Waals surface area contributed by atoms with Gasteiger partial charge in [0.1, 0.15) is 35.8 Å². The van der Waals surface area contributed by atoms with Gasteiger partial charge in [0.25, 0.3) is 5.91 Å². The number of anilines is 1. The smallest absolute Gasteiger partial charge is 0.308 e. The molecule has 7 nitrogen and oxygen atoms in total. The second kappa shape index (κ2) is 9.37. The van der Waals surface area contributed by atoms with Crippen LogP contribution in [0.5, 0.6) is 17.2 Å². The number of fused-ring (bicyclic) bond motifs is 2. The minimum atomic E-state index is -0.420. The van der Waals surface area contributed by atoms with E-state index in [-0.39, 0.29) is 24.4 Å². The zero-order valence-corrected chi connectivity index (χ0v) is 20.2. The highest BCUT2D eigenvalue weighted by molar-refractivity contribution is 6.04. The number of likely N-dealkylation sites (N-methyl/N-ethyl adjacent to an activating group) is 1. The molecule has 2 heterocycles. The molecule has 36 heavy (non-hydrogen) atoms. The summed E-state index contributed by atoms with van der Waals surface area (Å²) >= 11 is 0. The monoisotopic (exact) mass is 488 g/mol. The normalized spacial score (nSPS) is 14.8. The SMILES string of the molecule is CC(=O)Oc1cccc2c1cc(C)n2C(=O)c1ccc(OC[C@@H]2CN(C)c3ccc(F)cc3O2)cc1. The van der Waals surface area contributed by atoms with E-state index in [1.807, 2.05) is 31.0 Å². The van der Waals surface area contributed by atoms with Crippen LogP contribution in [-0.4, -0.2) is 42.7 Å². The van der Waals surface area contributed by atoms with Crippen molar-refractivity contribution in [3.63, 3.8) is 0 Å². The van der Waals surface area contributed by atoms with Crippen LogP contribution in [-0.2, 0) is 4.79 Å². The Morgan fingerprint density at radius 2 is 1.86 bits per heavy atom. The summed E-state index contributed by atoms with van der Waals surface area (Å²) in [5.74, 6) is 0.525. The molecule has 184 valence electrons. The number of aromatic nitrogens is 1. The van der Waals surface area contributed by atoms with E-state index >= 15 is 0 Å². The van der Waals surface area contributed by atoms with Crippen molar-refractivity contribution < 1.29 is 28.2 Å². The number of halogens is 1. The summed E-state index contributed by atoms with van der Waals surface area (Å²) in [6.45, 7) is 4.05. The number of esters is 1. The van der Waals surface area contributed by atoms with E-state index in [1.54, 1.807) is 47.0 Å². The molecule has 3 aromatic carbocycles. The average Bonchev–Trinajstić information content (AvgIpc) is 3.19. The Bertz CT molecular complexity index is 1460. The molecule has 0 saturated carbocycles. The fourth-order valence-electron chi connectivity index (χ4n) is 4.47. The molecule has 0 unspecified atom stereocenters. The second-order valence-electron chi connectivity index (χ2n) is 8.78. The number of hydrogen-bond donors (Lipinski definition) is 0. The molecule has 0 fully saturated rings. The third-order valence-electron chi connectivity index (χ3n) is 6.09. The quantitative estimate of drug-likeness (QED) is 0.292. The molecule has 1 aliphatic heterocycles. The van der Waals surface area contributed by atoms with Crippen molar-refractivity contribution >= 4 is 28.5 Å². The van der Waals surface area contributed by atoms with Gasteiger partial charge in [-0.15, -0.1) is 0 Å². The van der Waals surface area contributed by atoms with Gasteiger partial charge in [-0.3, -0.25) is 14.2 Å². The molecule has 4 aromatic rings. The van der Waals surface area contributed by atoms with E-state index in [0.717, 1.165) is 11.4 Å². The van der Waals surface area contributed by atoms with Gasteiger partial charge in [0.2, 0.25) is 0 Å². The summed E-state index contributed by atoms with van der Waals surface area (Å²) < 4.78 is 32.3. The van der Waals surface area contributed by atoms with Crippen LogP contribution in [0.25, 0.3) is 10.9 Å². The van der Waals surface area contributed by atoms with Gasteiger partial charge in [0.05, 0.1) is 17.7 Å². The first-order valence-electron chi connectivity index (χ1n) is 11.5. The Morgan fingerprint density at radius 3 is 2.61 bits per heavy atom. The number of rotatable bonds is 5. The molecule has 0 saturated heterocycles. The topological polar surface area (TPSA) is 70.0 Å². The number of benzene rings is 3. The Kier molecular flexibility index (Phi) is 6.10.